The smallest absolute Gasteiger partial charge is 0.263 e. The molecule has 4 aromatic rings. The van der Waals surface area contributed by atoms with Crippen molar-refractivity contribution in [3.05, 3.63) is 63.3 Å². The van der Waals surface area contributed by atoms with Gasteiger partial charge in [-0.25, -0.2) is 4.98 Å². The SMILES string of the molecule is CN(Cc1ccc2c(c1)OCCO2)C(=O)Cn1cnc2scc(-c3cccs3)c2c1=O. The lowest BCUT2D eigenvalue weighted by Crippen LogP contribution is -2.33. The van der Waals surface area contributed by atoms with E-state index >= 15 is 0 Å². The minimum Gasteiger partial charge on any atom is -0.486 e. The van der Waals surface area contributed by atoms with Gasteiger partial charge in [-0.1, -0.05) is 12.1 Å². The summed E-state index contributed by atoms with van der Waals surface area (Å²) in [6, 6.07) is 9.59. The van der Waals surface area contributed by atoms with Crippen LogP contribution in [0.2, 0.25) is 0 Å². The van der Waals surface area contributed by atoms with Gasteiger partial charge >= 0.3 is 0 Å². The molecule has 0 fully saturated rings. The molecule has 0 unspecified atom stereocenters. The van der Waals surface area contributed by atoms with Crippen LogP contribution in [0.1, 0.15) is 5.56 Å². The van der Waals surface area contributed by atoms with Crippen molar-refractivity contribution in [2.24, 2.45) is 0 Å². The maximum absolute atomic E-state index is 13.1. The summed E-state index contributed by atoms with van der Waals surface area (Å²) in [7, 11) is 1.72. The molecule has 9 heteroatoms. The van der Waals surface area contributed by atoms with Crippen LogP contribution in [-0.2, 0) is 17.9 Å². The zero-order chi connectivity index (χ0) is 21.4. The Morgan fingerprint density at radius 3 is 2.84 bits per heavy atom. The van der Waals surface area contributed by atoms with E-state index in [1.54, 1.807) is 23.3 Å². The van der Waals surface area contributed by atoms with Crippen molar-refractivity contribution in [3.63, 3.8) is 0 Å². The predicted octanol–water partition coefficient (Wildman–Crippen LogP) is 3.62. The summed E-state index contributed by atoms with van der Waals surface area (Å²) in [5.74, 6) is 1.23. The lowest BCUT2D eigenvalue weighted by molar-refractivity contribution is -0.131. The van der Waals surface area contributed by atoms with Gasteiger partial charge in [0.05, 0.1) is 11.7 Å². The van der Waals surface area contributed by atoms with E-state index < -0.39 is 0 Å². The highest BCUT2D eigenvalue weighted by atomic mass is 32.1. The first-order valence-corrected chi connectivity index (χ1v) is 11.5. The molecular weight excluding hydrogens is 434 g/mol. The van der Waals surface area contributed by atoms with E-state index in [1.807, 2.05) is 41.1 Å². The van der Waals surface area contributed by atoms with Crippen LogP contribution in [0.4, 0.5) is 0 Å². The van der Waals surface area contributed by atoms with Crippen LogP contribution in [0.25, 0.3) is 20.7 Å². The zero-order valence-electron chi connectivity index (χ0n) is 16.7. The molecule has 0 saturated carbocycles. The van der Waals surface area contributed by atoms with Gasteiger partial charge in [-0.15, -0.1) is 22.7 Å². The van der Waals surface area contributed by atoms with Gasteiger partial charge in [0.1, 0.15) is 24.6 Å². The maximum Gasteiger partial charge on any atom is 0.263 e. The van der Waals surface area contributed by atoms with Gasteiger partial charge in [0.25, 0.3) is 5.56 Å². The summed E-state index contributed by atoms with van der Waals surface area (Å²) < 4.78 is 12.5. The Kier molecular flexibility index (Phi) is 5.21. The van der Waals surface area contributed by atoms with E-state index in [0.717, 1.165) is 16.0 Å². The van der Waals surface area contributed by atoms with Crippen LogP contribution in [0.3, 0.4) is 0 Å². The molecule has 0 radical (unpaired) electrons. The number of benzene rings is 1. The molecule has 1 aliphatic rings. The number of hydrogen-bond donors (Lipinski definition) is 0. The van der Waals surface area contributed by atoms with E-state index in [1.165, 1.54) is 22.2 Å². The molecule has 1 amide bonds. The van der Waals surface area contributed by atoms with E-state index in [2.05, 4.69) is 4.98 Å². The third-order valence-electron chi connectivity index (χ3n) is 5.11. The van der Waals surface area contributed by atoms with Gasteiger partial charge in [0.15, 0.2) is 11.5 Å². The first-order chi connectivity index (χ1) is 15.1. The fraction of sp³-hybridized carbons (Fsp3) is 0.227. The Bertz CT molecular complexity index is 1310. The highest BCUT2D eigenvalue weighted by Gasteiger charge is 2.18. The molecule has 1 aliphatic heterocycles. The number of carbonyl (C=O) groups excluding carboxylic acids is 1. The molecule has 3 aromatic heterocycles. The molecular formula is C22H19N3O4S2. The van der Waals surface area contributed by atoms with Crippen LogP contribution in [0, 0.1) is 0 Å². The minimum atomic E-state index is -0.198. The number of nitrogens with zero attached hydrogens (tertiary/aromatic N) is 3. The minimum absolute atomic E-state index is 0.0669. The number of amides is 1. The van der Waals surface area contributed by atoms with Crippen LogP contribution in [-0.4, -0.2) is 40.6 Å². The number of hydrogen-bond acceptors (Lipinski definition) is 7. The first-order valence-electron chi connectivity index (χ1n) is 9.73. The number of carbonyl (C=O) groups is 1. The van der Waals surface area contributed by atoms with Gasteiger partial charge in [0, 0.05) is 29.4 Å². The highest BCUT2D eigenvalue weighted by Crippen LogP contribution is 2.33. The molecule has 0 spiro atoms. The molecule has 0 saturated heterocycles. The van der Waals surface area contributed by atoms with Crippen LogP contribution in [0.15, 0.2) is 52.2 Å². The van der Waals surface area contributed by atoms with Crippen molar-refractivity contribution >= 4 is 38.8 Å². The number of thiophene rings is 2. The van der Waals surface area contributed by atoms with E-state index in [4.69, 9.17) is 9.47 Å². The lowest BCUT2D eigenvalue weighted by Gasteiger charge is -2.21. The van der Waals surface area contributed by atoms with Crippen molar-refractivity contribution < 1.29 is 14.3 Å². The molecule has 31 heavy (non-hydrogen) atoms. The second kappa shape index (κ2) is 8.16. The highest BCUT2D eigenvalue weighted by molar-refractivity contribution is 7.18. The molecule has 0 atom stereocenters. The fourth-order valence-corrected chi connectivity index (χ4v) is 5.23. The van der Waals surface area contributed by atoms with Gasteiger partial charge in [-0.2, -0.15) is 0 Å². The van der Waals surface area contributed by atoms with Gasteiger partial charge < -0.3 is 14.4 Å². The standard InChI is InChI=1S/C22H19N3O4S2/c1-24(10-14-4-5-16-17(9-14)29-7-6-28-16)19(26)11-25-13-23-21-20(22(25)27)15(12-31-21)18-3-2-8-30-18/h2-5,8-9,12-13H,6-7,10-11H2,1H3. The topological polar surface area (TPSA) is 73.7 Å². The largest absolute Gasteiger partial charge is 0.486 e. The normalized spacial score (nSPS) is 12.8. The van der Waals surface area contributed by atoms with Crippen molar-refractivity contribution in [3.8, 4) is 21.9 Å². The molecule has 7 nitrogen and oxygen atoms in total. The second-order valence-corrected chi connectivity index (χ2v) is 9.02. The Morgan fingerprint density at radius 2 is 2.03 bits per heavy atom. The van der Waals surface area contributed by atoms with E-state index in [0.29, 0.717) is 41.5 Å². The zero-order valence-corrected chi connectivity index (χ0v) is 18.4. The Balaban J connectivity index is 1.36. The molecule has 0 aliphatic carbocycles. The molecule has 158 valence electrons. The van der Waals surface area contributed by atoms with Crippen molar-refractivity contribution in [2.75, 3.05) is 20.3 Å². The number of aromatic nitrogens is 2. The number of fused-ring (bicyclic) bond motifs is 2. The van der Waals surface area contributed by atoms with Crippen molar-refractivity contribution in [1.29, 1.82) is 0 Å². The van der Waals surface area contributed by atoms with Gasteiger partial charge in [0.2, 0.25) is 5.91 Å². The summed E-state index contributed by atoms with van der Waals surface area (Å²) in [6.07, 6.45) is 1.45. The van der Waals surface area contributed by atoms with Crippen molar-refractivity contribution in [1.82, 2.24) is 14.5 Å². The van der Waals surface area contributed by atoms with E-state index in [-0.39, 0.29) is 18.0 Å². The number of ether oxygens (including phenoxy) is 2. The van der Waals surface area contributed by atoms with Crippen LogP contribution >= 0.6 is 22.7 Å². The molecule has 0 N–H and O–H groups in total. The lowest BCUT2D eigenvalue weighted by atomic mass is 10.2. The number of rotatable bonds is 5. The average Bonchev–Trinajstić information content (AvgIpc) is 3.45. The second-order valence-electron chi connectivity index (χ2n) is 7.21. The maximum atomic E-state index is 13.1. The van der Waals surface area contributed by atoms with Gasteiger partial charge in [-0.05, 0) is 29.1 Å². The molecule has 0 bridgehead atoms. The summed E-state index contributed by atoms with van der Waals surface area (Å²) in [6.45, 7) is 1.39. The summed E-state index contributed by atoms with van der Waals surface area (Å²) in [4.78, 5) is 33.6. The summed E-state index contributed by atoms with van der Waals surface area (Å²) >= 11 is 3.01. The third-order valence-corrected chi connectivity index (χ3v) is 6.89. The monoisotopic (exact) mass is 453 g/mol. The Morgan fingerprint density at radius 1 is 1.19 bits per heavy atom. The quantitative estimate of drug-likeness (QED) is 0.462. The predicted molar refractivity (Wildman–Crippen MR) is 121 cm³/mol. The third kappa shape index (κ3) is 3.82. The van der Waals surface area contributed by atoms with E-state index in [9.17, 15) is 9.59 Å². The average molecular weight is 454 g/mol. The van der Waals surface area contributed by atoms with Crippen LogP contribution in [0.5, 0.6) is 11.5 Å². The molecule has 4 heterocycles. The van der Waals surface area contributed by atoms with Crippen LogP contribution < -0.4 is 15.0 Å². The Hall–Kier alpha value is -3.17. The first kappa shape index (κ1) is 19.8. The Labute approximate surface area is 186 Å². The molecule has 5 rings (SSSR count). The molecule has 1 aromatic carbocycles. The van der Waals surface area contributed by atoms with Gasteiger partial charge in [-0.3, -0.25) is 14.2 Å². The van der Waals surface area contributed by atoms with Crippen molar-refractivity contribution in [2.45, 2.75) is 13.1 Å². The number of likely N-dealkylation sites (N-methyl/N-ethyl adjacent to an activating group) is 1. The summed E-state index contributed by atoms with van der Waals surface area (Å²) in [5, 5.41) is 4.49. The fourth-order valence-electron chi connectivity index (χ4n) is 3.51. The summed E-state index contributed by atoms with van der Waals surface area (Å²) in [5.41, 5.74) is 1.61.